The third-order valence-electron chi connectivity index (χ3n) is 5.46. The summed E-state index contributed by atoms with van der Waals surface area (Å²) in [7, 11) is 0. The Kier molecular flexibility index (Phi) is 8.14. The Balaban J connectivity index is 1.95. The first-order valence-corrected chi connectivity index (χ1v) is 10.0. The molecule has 2 saturated heterocycles. The predicted octanol–water partition coefficient (Wildman–Crippen LogP) is -4.55. The van der Waals surface area contributed by atoms with Crippen molar-refractivity contribution in [1.82, 2.24) is 0 Å². The molecule has 0 spiro atoms. The molecular weight excluding hydrogens is 468 g/mol. The summed E-state index contributed by atoms with van der Waals surface area (Å²) >= 11 is 0. The van der Waals surface area contributed by atoms with E-state index in [0.29, 0.717) is 0 Å². The van der Waals surface area contributed by atoms with E-state index in [1.165, 1.54) is 0 Å². The minimum Gasteiger partial charge on any atom is -0.504 e. The number of carboxylic acids is 1. The standard InChI is InChI=1S/C19H26O15/c20-3-8-10(23)12(25)14(27)18(32-8)31-7-2-5(17(29)30)1-6(22)16(7)34-19-15(28)13(26)11(24)9(4-21)33-19/h1-2,8-15,18-28H,3-4H2,(H,29,30). The minimum absolute atomic E-state index is 0.516. The van der Waals surface area contributed by atoms with E-state index >= 15 is 0 Å². The van der Waals surface area contributed by atoms with E-state index in [4.69, 9.17) is 18.9 Å². The quantitative estimate of drug-likeness (QED) is 0.171. The maximum atomic E-state index is 11.4. The molecular formula is C19H26O15. The van der Waals surface area contributed by atoms with Gasteiger partial charge in [-0.2, -0.15) is 0 Å². The number of aliphatic hydroxyl groups excluding tert-OH is 8. The van der Waals surface area contributed by atoms with E-state index in [1.807, 2.05) is 0 Å². The lowest BCUT2D eigenvalue weighted by molar-refractivity contribution is -0.282. The number of benzene rings is 1. The van der Waals surface area contributed by atoms with Crippen LogP contribution in [0.5, 0.6) is 17.2 Å². The topological polar surface area (TPSA) is 256 Å². The van der Waals surface area contributed by atoms with E-state index in [2.05, 4.69) is 0 Å². The van der Waals surface area contributed by atoms with Gasteiger partial charge in [-0.3, -0.25) is 0 Å². The van der Waals surface area contributed by atoms with Crippen LogP contribution in [-0.2, 0) is 9.47 Å². The molecule has 15 nitrogen and oxygen atoms in total. The highest BCUT2D eigenvalue weighted by Gasteiger charge is 2.47. The van der Waals surface area contributed by atoms with Crippen molar-refractivity contribution in [2.45, 2.75) is 61.4 Å². The molecule has 3 rings (SSSR count). The zero-order valence-electron chi connectivity index (χ0n) is 17.4. The monoisotopic (exact) mass is 494 g/mol. The van der Waals surface area contributed by atoms with E-state index in [9.17, 15) is 55.9 Å². The molecule has 1 aromatic rings. The second-order valence-corrected chi connectivity index (χ2v) is 7.76. The average molecular weight is 494 g/mol. The Labute approximate surface area is 191 Å². The lowest BCUT2D eigenvalue weighted by atomic mass is 9.99. The molecule has 10 unspecified atom stereocenters. The molecule has 192 valence electrons. The first-order valence-electron chi connectivity index (χ1n) is 10.0. The minimum atomic E-state index is -1.89. The smallest absolute Gasteiger partial charge is 0.335 e. The van der Waals surface area contributed by atoms with E-state index in [1.54, 1.807) is 0 Å². The van der Waals surface area contributed by atoms with Gasteiger partial charge in [-0.15, -0.1) is 0 Å². The largest absolute Gasteiger partial charge is 0.504 e. The Morgan fingerprint density at radius 2 is 1.24 bits per heavy atom. The van der Waals surface area contributed by atoms with Crippen LogP contribution < -0.4 is 9.47 Å². The maximum Gasteiger partial charge on any atom is 0.335 e. The summed E-state index contributed by atoms with van der Waals surface area (Å²) in [5.74, 6) is -3.62. The predicted molar refractivity (Wildman–Crippen MR) is 104 cm³/mol. The van der Waals surface area contributed by atoms with Gasteiger partial charge in [-0.25, -0.2) is 4.79 Å². The zero-order chi connectivity index (χ0) is 25.3. The normalized spacial score (nSPS) is 38.4. The summed E-state index contributed by atoms with van der Waals surface area (Å²) < 4.78 is 21.2. The van der Waals surface area contributed by atoms with Crippen LogP contribution >= 0.6 is 0 Å². The fraction of sp³-hybridized carbons (Fsp3) is 0.632. The second kappa shape index (κ2) is 10.5. The Hall–Kier alpha value is -2.31. The summed E-state index contributed by atoms with van der Waals surface area (Å²) in [5, 5.41) is 98.3. The van der Waals surface area contributed by atoms with Crippen LogP contribution in [0.3, 0.4) is 0 Å². The molecule has 0 radical (unpaired) electrons. The molecule has 15 heteroatoms. The van der Waals surface area contributed by atoms with Gasteiger partial charge in [0.25, 0.3) is 0 Å². The van der Waals surface area contributed by atoms with Crippen LogP contribution in [-0.4, -0.2) is 132 Å². The number of ether oxygens (including phenoxy) is 4. The van der Waals surface area contributed by atoms with E-state index in [-0.39, 0.29) is 0 Å². The maximum absolute atomic E-state index is 11.4. The number of carbonyl (C=O) groups is 1. The van der Waals surface area contributed by atoms with Gasteiger partial charge in [-0.1, -0.05) is 0 Å². The summed E-state index contributed by atoms with van der Waals surface area (Å²) in [5.41, 5.74) is -0.516. The molecule has 0 bridgehead atoms. The highest BCUT2D eigenvalue weighted by Crippen LogP contribution is 2.41. The van der Waals surface area contributed by atoms with Crippen LogP contribution in [0.1, 0.15) is 10.4 Å². The number of phenolic OH excluding ortho intramolecular Hbond substituents is 1. The van der Waals surface area contributed by atoms with Crippen molar-refractivity contribution in [3.63, 3.8) is 0 Å². The number of aliphatic hydroxyl groups is 8. The Morgan fingerprint density at radius 3 is 1.68 bits per heavy atom. The summed E-state index contributed by atoms with van der Waals surface area (Å²) in [6.45, 7) is -1.55. The van der Waals surface area contributed by atoms with Gasteiger partial charge < -0.3 is 70.0 Å². The highest BCUT2D eigenvalue weighted by atomic mass is 16.7. The first-order chi connectivity index (χ1) is 16.0. The molecule has 34 heavy (non-hydrogen) atoms. The van der Waals surface area contributed by atoms with Gasteiger partial charge in [0.2, 0.25) is 18.3 Å². The van der Waals surface area contributed by atoms with E-state index in [0.717, 1.165) is 12.1 Å². The molecule has 2 aliphatic rings. The number of aromatic hydroxyl groups is 1. The molecule has 2 aliphatic heterocycles. The fourth-order valence-corrected chi connectivity index (χ4v) is 3.49. The van der Waals surface area contributed by atoms with Crippen LogP contribution in [0.4, 0.5) is 0 Å². The fourth-order valence-electron chi connectivity index (χ4n) is 3.49. The first kappa shape index (κ1) is 26.3. The van der Waals surface area contributed by atoms with Crippen molar-refractivity contribution in [3.05, 3.63) is 17.7 Å². The molecule has 10 atom stereocenters. The van der Waals surface area contributed by atoms with Gasteiger partial charge >= 0.3 is 5.97 Å². The van der Waals surface area contributed by atoms with Crippen molar-refractivity contribution in [3.8, 4) is 17.2 Å². The summed E-state index contributed by atoms with van der Waals surface area (Å²) in [4.78, 5) is 11.4. The average Bonchev–Trinajstić information content (AvgIpc) is 2.81. The van der Waals surface area contributed by atoms with E-state index < -0.39 is 103 Å². The second-order valence-electron chi connectivity index (χ2n) is 7.76. The lowest BCUT2D eigenvalue weighted by Crippen LogP contribution is -2.60. The molecule has 10 N–H and O–H groups in total. The number of rotatable bonds is 7. The van der Waals surface area contributed by atoms with Crippen LogP contribution in [0.25, 0.3) is 0 Å². The van der Waals surface area contributed by atoms with Crippen molar-refractivity contribution in [2.24, 2.45) is 0 Å². The molecule has 0 saturated carbocycles. The lowest BCUT2D eigenvalue weighted by Gasteiger charge is -2.41. The molecule has 0 aliphatic carbocycles. The molecule has 1 aromatic carbocycles. The third-order valence-corrected chi connectivity index (χ3v) is 5.46. The van der Waals surface area contributed by atoms with Crippen LogP contribution in [0, 0.1) is 0 Å². The summed E-state index contributed by atoms with van der Waals surface area (Å²) in [6.07, 6.45) is -17.2. The van der Waals surface area contributed by atoms with Crippen molar-refractivity contribution in [2.75, 3.05) is 13.2 Å². The van der Waals surface area contributed by atoms with Crippen molar-refractivity contribution in [1.29, 1.82) is 0 Å². The van der Waals surface area contributed by atoms with Crippen LogP contribution in [0.15, 0.2) is 12.1 Å². The molecule has 2 heterocycles. The zero-order valence-corrected chi connectivity index (χ0v) is 17.4. The SMILES string of the molecule is O=C(O)c1cc(O)c(OC2OC(CO)C(O)C(O)C2O)c(OC2OC(CO)C(O)C(O)C2O)c1. The van der Waals surface area contributed by atoms with Crippen LogP contribution in [0.2, 0.25) is 0 Å². The summed E-state index contributed by atoms with van der Waals surface area (Å²) in [6, 6.07) is 1.59. The number of hydrogen-bond acceptors (Lipinski definition) is 14. The van der Waals surface area contributed by atoms with Crippen molar-refractivity contribution >= 4 is 5.97 Å². The Morgan fingerprint density at radius 1 is 0.765 bits per heavy atom. The van der Waals surface area contributed by atoms with Gasteiger partial charge in [0.15, 0.2) is 11.5 Å². The number of carboxylic acid groups (broad SMARTS) is 1. The number of hydrogen-bond donors (Lipinski definition) is 10. The Bertz CT molecular complexity index is 860. The van der Waals surface area contributed by atoms with Gasteiger partial charge in [0.1, 0.15) is 48.8 Å². The molecule has 0 amide bonds. The van der Waals surface area contributed by atoms with Gasteiger partial charge in [-0.05, 0) is 12.1 Å². The third kappa shape index (κ3) is 5.03. The molecule has 2 fully saturated rings. The number of aromatic carboxylic acids is 1. The number of phenols is 1. The van der Waals surface area contributed by atoms with Crippen molar-refractivity contribution < 1.29 is 74.8 Å². The molecule has 0 aromatic heterocycles. The van der Waals surface area contributed by atoms with Gasteiger partial charge in [0.05, 0.1) is 18.8 Å². The highest BCUT2D eigenvalue weighted by molar-refractivity contribution is 5.89. The van der Waals surface area contributed by atoms with Gasteiger partial charge in [0, 0.05) is 0 Å².